The average molecular weight is 230 g/mol. The van der Waals surface area contributed by atoms with Crippen molar-refractivity contribution in [2.45, 2.75) is 13.8 Å². The van der Waals surface area contributed by atoms with Gasteiger partial charge in [0.15, 0.2) is 0 Å². The first-order valence-corrected chi connectivity index (χ1v) is 5.81. The molecule has 3 nitrogen and oxygen atoms in total. The molecule has 0 saturated heterocycles. The van der Waals surface area contributed by atoms with Gasteiger partial charge in [0.25, 0.3) is 5.91 Å². The Morgan fingerprint density at radius 1 is 1.29 bits per heavy atom. The third-order valence-electron chi connectivity index (χ3n) is 2.53. The second kappa shape index (κ2) is 6.72. The molecule has 0 fully saturated rings. The monoisotopic (exact) mass is 230 g/mol. The van der Waals surface area contributed by atoms with Crippen LogP contribution < -0.4 is 5.73 Å². The molecule has 0 saturated carbocycles. The predicted octanol–water partition coefficient (Wildman–Crippen LogP) is 1.48. The molecule has 0 spiro atoms. The van der Waals surface area contributed by atoms with Gasteiger partial charge in [-0.15, -0.1) is 0 Å². The van der Waals surface area contributed by atoms with E-state index < -0.39 is 0 Å². The van der Waals surface area contributed by atoms with Crippen LogP contribution in [0, 0.1) is 11.8 Å². The predicted molar refractivity (Wildman–Crippen MR) is 69.6 cm³/mol. The van der Waals surface area contributed by atoms with E-state index in [1.165, 1.54) is 0 Å². The molecule has 0 unspecified atom stereocenters. The number of amides is 1. The van der Waals surface area contributed by atoms with E-state index >= 15 is 0 Å². The van der Waals surface area contributed by atoms with E-state index in [1.807, 2.05) is 32.0 Å². The van der Waals surface area contributed by atoms with Crippen molar-refractivity contribution in [1.29, 1.82) is 0 Å². The lowest BCUT2D eigenvalue weighted by Gasteiger charge is -2.19. The minimum Gasteiger partial charge on any atom is -0.339 e. The van der Waals surface area contributed by atoms with Gasteiger partial charge in [0.1, 0.15) is 0 Å². The fourth-order valence-corrected chi connectivity index (χ4v) is 1.61. The first-order chi connectivity index (χ1) is 8.24. The number of carbonyl (C=O) groups is 1. The van der Waals surface area contributed by atoms with E-state index in [-0.39, 0.29) is 5.91 Å². The lowest BCUT2D eigenvalue weighted by atomic mass is 10.1. The van der Waals surface area contributed by atoms with Gasteiger partial charge in [0.05, 0.1) is 12.1 Å². The smallest absolute Gasteiger partial charge is 0.255 e. The van der Waals surface area contributed by atoms with E-state index in [1.54, 1.807) is 11.0 Å². The topological polar surface area (TPSA) is 46.3 Å². The van der Waals surface area contributed by atoms with Crippen molar-refractivity contribution in [3.63, 3.8) is 0 Å². The molecule has 0 heterocycles. The molecule has 0 aliphatic rings. The lowest BCUT2D eigenvalue weighted by molar-refractivity contribution is 0.0772. The summed E-state index contributed by atoms with van der Waals surface area (Å²) in [4.78, 5) is 14.0. The van der Waals surface area contributed by atoms with Gasteiger partial charge in [-0.1, -0.05) is 24.0 Å². The normalized spacial score (nSPS) is 9.35. The highest BCUT2D eigenvalue weighted by molar-refractivity contribution is 5.96. The first-order valence-electron chi connectivity index (χ1n) is 5.81. The molecule has 1 amide bonds. The maximum absolute atomic E-state index is 12.2. The maximum Gasteiger partial charge on any atom is 0.255 e. The SMILES string of the molecule is CCN(CC)C(=O)c1ccccc1C#CCN. The van der Waals surface area contributed by atoms with Crippen LogP contribution in [0.1, 0.15) is 29.8 Å². The van der Waals surface area contributed by atoms with Crippen LogP contribution in [0.25, 0.3) is 0 Å². The average Bonchev–Trinajstić information content (AvgIpc) is 2.38. The highest BCUT2D eigenvalue weighted by atomic mass is 16.2. The van der Waals surface area contributed by atoms with Crippen molar-refractivity contribution in [1.82, 2.24) is 4.90 Å². The summed E-state index contributed by atoms with van der Waals surface area (Å²) < 4.78 is 0. The van der Waals surface area contributed by atoms with Gasteiger partial charge in [0.2, 0.25) is 0 Å². The van der Waals surface area contributed by atoms with Gasteiger partial charge in [-0.25, -0.2) is 0 Å². The summed E-state index contributed by atoms with van der Waals surface area (Å²) in [7, 11) is 0. The number of hydrogen-bond donors (Lipinski definition) is 1. The van der Waals surface area contributed by atoms with Crippen molar-refractivity contribution < 1.29 is 4.79 Å². The Morgan fingerprint density at radius 2 is 1.94 bits per heavy atom. The highest BCUT2D eigenvalue weighted by Gasteiger charge is 2.14. The minimum absolute atomic E-state index is 0.0249. The van der Waals surface area contributed by atoms with Crippen molar-refractivity contribution in [2.75, 3.05) is 19.6 Å². The highest BCUT2D eigenvalue weighted by Crippen LogP contribution is 2.10. The zero-order valence-electron chi connectivity index (χ0n) is 10.4. The molecule has 0 aliphatic heterocycles. The van der Waals surface area contributed by atoms with Crippen molar-refractivity contribution in [3.8, 4) is 11.8 Å². The van der Waals surface area contributed by atoms with E-state index in [0.717, 1.165) is 5.56 Å². The molecule has 1 rings (SSSR count). The molecule has 0 radical (unpaired) electrons. The molecule has 1 aromatic rings. The number of nitrogens with two attached hydrogens (primary N) is 1. The second-order valence-electron chi connectivity index (χ2n) is 3.53. The van der Waals surface area contributed by atoms with E-state index in [2.05, 4.69) is 11.8 Å². The van der Waals surface area contributed by atoms with Crippen molar-refractivity contribution >= 4 is 5.91 Å². The molecule has 90 valence electrons. The Morgan fingerprint density at radius 3 is 2.53 bits per heavy atom. The summed E-state index contributed by atoms with van der Waals surface area (Å²) >= 11 is 0. The minimum atomic E-state index is 0.0249. The fraction of sp³-hybridized carbons (Fsp3) is 0.357. The van der Waals surface area contributed by atoms with Crippen molar-refractivity contribution in [2.24, 2.45) is 5.73 Å². The van der Waals surface area contributed by atoms with Crippen LogP contribution in [0.15, 0.2) is 24.3 Å². The first kappa shape index (κ1) is 13.3. The van der Waals surface area contributed by atoms with Crippen LogP contribution >= 0.6 is 0 Å². The molecule has 3 heteroatoms. The summed E-state index contributed by atoms with van der Waals surface area (Å²) in [5.74, 6) is 5.74. The standard InChI is InChI=1S/C14H18N2O/c1-3-16(4-2)14(17)13-10-6-5-8-12(13)9-7-11-15/h5-6,8,10H,3-4,11,15H2,1-2H3. The molecular formula is C14H18N2O. The van der Waals surface area contributed by atoms with Gasteiger partial charge in [-0.3, -0.25) is 4.79 Å². The molecule has 0 aliphatic carbocycles. The third-order valence-corrected chi connectivity index (χ3v) is 2.53. The molecule has 1 aromatic carbocycles. The molecule has 2 N–H and O–H groups in total. The van der Waals surface area contributed by atoms with Crippen LogP contribution in [-0.2, 0) is 0 Å². The Bertz CT molecular complexity index is 439. The molecule has 0 atom stereocenters. The zero-order valence-corrected chi connectivity index (χ0v) is 10.4. The van der Waals surface area contributed by atoms with Gasteiger partial charge in [-0.05, 0) is 26.0 Å². The van der Waals surface area contributed by atoms with Crippen LogP contribution in [0.4, 0.5) is 0 Å². The summed E-state index contributed by atoms with van der Waals surface area (Å²) in [5.41, 5.74) is 6.74. The van der Waals surface area contributed by atoms with Crippen molar-refractivity contribution in [3.05, 3.63) is 35.4 Å². The van der Waals surface area contributed by atoms with Gasteiger partial charge in [-0.2, -0.15) is 0 Å². The number of rotatable bonds is 3. The van der Waals surface area contributed by atoms with E-state index in [9.17, 15) is 4.79 Å². The molecule has 0 bridgehead atoms. The van der Waals surface area contributed by atoms with Crippen LogP contribution in [0.5, 0.6) is 0 Å². The summed E-state index contributed by atoms with van der Waals surface area (Å²) in [6.45, 7) is 5.64. The Kier molecular flexibility index (Phi) is 5.25. The maximum atomic E-state index is 12.2. The Labute approximate surface area is 103 Å². The van der Waals surface area contributed by atoms with Gasteiger partial charge < -0.3 is 10.6 Å². The van der Waals surface area contributed by atoms with Gasteiger partial charge in [0, 0.05) is 18.7 Å². The summed E-state index contributed by atoms with van der Waals surface area (Å²) in [6, 6.07) is 7.38. The Hall–Kier alpha value is -1.79. The number of hydrogen-bond acceptors (Lipinski definition) is 2. The molecular weight excluding hydrogens is 212 g/mol. The summed E-state index contributed by atoms with van der Waals surface area (Å²) in [5, 5.41) is 0. The third kappa shape index (κ3) is 3.33. The quantitative estimate of drug-likeness (QED) is 0.799. The number of nitrogens with zero attached hydrogens (tertiary/aromatic N) is 1. The molecule has 17 heavy (non-hydrogen) atoms. The zero-order chi connectivity index (χ0) is 12.7. The fourth-order valence-electron chi connectivity index (χ4n) is 1.61. The number of carbonyl (C=O) groups excluding carboxylic acids is 1. The Balaban J connectivity index is 3.08. The van der Waals surface area contributed by atoms with Crippen LogP contribution in [0.2, 0.25) is 0 Å². The second-order valence-corrected chi connectivity index (χ2v) is 3.53. The van der Waals surface area contributed by atoms with Crippen LogP contribution in [-0.4, -0.2) is 30.4 Å². The molecule has 0 aromatic heterocycles. The largest absolute Gasteiger partial charge is 0.339 e. The van der Waals surface area contributed by atoms with Gasteiger partial charge >= 0.3 is 0 Å². The van der Waals surface area contributed by atoms with Crippen LogP contribution in [0.3, 0.4) is 0 Å². The summed E-state index contributed by atoms with van der Waals surface area (Å²) in [6.07, 6.45) is 0. The lowest BCUT2D eigenvalue weighted by Crippen LogP contribution is -2.31. The van der Waals surface area contributed by atoms with E-state index in [4.69, 9.17) is 5.73 Å². The van der Waals surface area contributed by atoms with E-state index in [0.29, 0.717) is 25.2 Å². The number of benzene rings is 1.